The minimum atomic E-state index is -0.598. The van der Waals surface area contributed by atoms with Crippen LogP contribution in [0.1, 0.15) is 10.4 Å². The molecule has 2 aromatic rings. The Morgan fingerprint density at radius 3 is 2.57 bits per heavy atom. The van der Waals surface area contributed by atoms with Crippen LogP contribution in [0.3, 0.4) is 0 Å². The number of nitrogens with zero attached hydrogens (tertiary/aromatic N) is 1. The molecule has 0 unspecified atom stereocenters. The smallest absolute Gasteiger partial charge is 0.271 e. The highest BCUT2D eigenvalue weighted by Gasteiger charge is 2.15. The van der Waals surface area contributed by atoms with Crippen molar-refractivity contribution in [2.24, 2.45) is 0 Å². The third-order valence-electron chi connectivity index (χ3n) is 2.53. The zero-order valence-electron chi connectivity index (χ0n) is 10.3. The zero-order chi connectivity index (χ0) is 15.6. The van der Waals surface area contributed by atoms with E-state index in [1.807, 2.05) is 0 Å². The SMILES string of the molecule is O=C(Nc1cc(F)ccc1Br)c1cc(Br)cc([N+](=O)[O-])c1. The number of carbonyl (C=O) groups is 1. The minimum Gasteiger partial charge on any atom is -0.321 e. The number of halogens is 3. The van der Waals surface area contributed by atoms with Crippen molar-refractivity contribution in [1.82, 2.24) is 0 Å². The van der Waals surface area contributed by atoms with Crippen molar-refractivity contribution in [3.63, 3.8) is 0 Å². The van der Waals surface area contributed by atoms with E-state index in [9.17, 15) is 19.3 Å². The molecule has 0 spiro atoms. The van der Waals surface area contributed by atoms with Crippen molar-refractivity contribution in [2.75, 3.05) is 5.32 Å². The van der Waals surface area contributed by atoms with E-state index < -0.39 is 16.6 Å². The number of hydrogen-bond donors (Lipinski definition) is 1. The molecular weight excluding hydrogens is 411 g/mol. The molecule has 0 radical (unpaired) electrons. The summed E-state index contributed by atoms with van der Waals surface area (Å²) in [6.45, 7) is 0. The third kappa shape index (κ3) is 3.85. The average Bonchev–Trinajstić information content (AvgIpc) is 2.42. The lowest BCUT2D eigenvalue weighted by atomic mass is 10.2. The number of rotatable bonds is 3. The fraction of sp³-hybridized carbons (Fsp3) is 0. The van der Waals surface area contributed by atoms with Crippen molar-refractivity contribution in [1.29, 1.82) is 0 Å². The highest BCUT2D eigenvalue weighted by molar-refractivity contribution is 9.10. The summed E-state index contributed by atoms with van der Waals surface area (Å²) in [5.74, 6) is -1.08. The summed E-state index contributed by atoms with van der Waals surface area (Å²) >= 11 is 6.29. The maximum atomic E-state index is 13.2. The molecule has 0 atom stereocenters. The fourth-order valence-corrected chi connectivity index (χ4v) is 2.43. The van der Waals surface area contributed by atoms with Gasteiger partial charge in [0.05, 0.1) is 10.6 Å². The molecule has 0 aromatic heterocycles. The monoisotopic (exact) mass is 416 g/mol. The van der Waals surface area contributed by atoms with E-state index in [0.717, 1.165) is 12.1 Å². The van der Waals surface area contributed by atoms with Crippen molar-refractivity contribution >= 4 is 49.1 Å². The van der Waals surface area contributed by atoms with Crippen LogP contribution in [-0.4, -0.2) is 10.8 Å². The second-order valence-corrected chi connectivity index (χ2v) is 5.80. The topological polar surface area (TPSA) is 72.2 Å². The van der Waals surface area contributed by atoms with Crippen molar-refractivity contribution in [3.05, 3.63) is 66.8 Å². The van der Waals surface area contributed by atoms with Crippen LogP contribution in [0.2, 0.25) is 0 Å². The first-order valence-electron chi connectivity index (χ1n) is 5.58. The van der Waals surface area contributed by atoms with Gasteiger partial charge in [-0.25, -0.2) is 4.39 Å². The van der Waals surface area contributed by atoms with E-state index in [1.165, 1.54) is 24.3 Å². The highest BCUT2D eigenvalue weighted by atomic mass is 79.9. The summed E-state index contributed by atoms with van der Waals surface area (Å²) in [4.78, 5) is 22.3. The molecule has 5 nitrogen and oxygen atoms in total. The van der Waals surface area contributed by atoms with Crippen LogP contribution in [0.15, 0.2) is 45.3 Å². The molecule has 1 amide bonds. The number of nitro benzene ring substituents is 1. The largest absolute Gasteiger partial charge is 0.321 e. The van der Waals surface area contributed by atoms with Crippen LogP contribution in [0, 0.1) is 15.9 Å². The van der Waals surface area contributed by atoms with Gasteiger partial charge in [-0.3, -0.25) is 14.9 Å². The van der Waals surface area contributed by atoms with Crippen molar-refractivity contribution in [3.8, 4) is 0 Å². The second-order valence-electron chi connectivity index (χ2n) is 4.03. The van der Waals surface area contributed by atoms with Gasteiger partial charge in [0.1, 0.15) is 5.82 Å². The van der Waals surface area contributed by atoms with Gasteiger partial charge in [-0.05, 0) is 40.2 Å². The molecule has 0 aliphatic heterocycles. The van der Waals surface area contributed by atoms with Gasteiger partial charge in [-0.1, -0.05) is 15.9 Å². The zero-order valence-corrected chi connectivity index (χ0v) is 13.4. The summed E-state index contributed by atoms with van der Waals surface area (Å²) < 4.78 is 14.1. The summed E-state index contributed by atoms with van der Waals surface area (Å²) in [5.41, 5.74) is 0.114. The molecule has 0 saturated carbocycles. The van der Waals surface area contributed by atoms with Crippen LogP contribution in [0.4, 0.5) is 15.8 Å². The van der Waals surface area contributed by atoms with Crippen LogP contribution >= 0.6 is 31.9 Å². The molecule has 2 aromatic carbocycles. The second kappa shape index (κ2) is 6.31. The number of anilines is 1. The molecule has 0 aliphatic rings. The Morgan fingerprint density at radius 2 is 1.90 bits per heavy atom. The molecule has 1 N–H and O–H groups in total. The Morgan fingerprint density at radius 1 is 1.19 bits per heavy atom. The van der Waals surface area contributed by atoms with E-state index in [4.69, 9.17) is 0 Å². The van der Waals surface area contributed by atoms with Gasteiger partial charge >= 0.3 is 0 Å². The molecule has 0 fully saturated rings. The number of nitrogens with one attached hydrogen (secondary N) is 1. The molecule has 0 saturated heterocycles. The Labute approximate surface area is 135 Å². The number of benzene rings is 2. The standard InChI is InChI=1S/C13H7Br2FN2O3/c14-8-3-7(4-10(5-8)18(20)21)13(19)17-12-6-9(16)1-2-11(12)15/h1-6H,(H,17,19). The fourth-order valence-electron chi connectivity index (χ4n) is 1.60. The first-order chi connectivity index (χ1) is 9.86. The van der Waals surface area contributed by atoms with E-state index in [-0.39, 0.29) is 16.9 Å². The number of amides is 1. The maximum Gasteiger partial charge on any atom is 0.271 e. The lowest BCUT2D eigenvalue weighted by Gasteiger charge is -2.08. The van der Waals surface area contributed by atoms with Crippen molar-refractivity contribution < 1.29 is 14.1 Å². The Balaban J connectivity index is 2.32. The highest BCUT2D eigenvalue weighted by Crippen LogP contribution is 2.25. The Hall–Kier alpha value is -1.80. The molecule has 0 aliphatic carbocycles. The molecule has 108 valence electrons. The van der Waals surface area contributed by atoms with Crippen LogP contribution in [0.25, 0.3) is 0 Å². The van der Waals surface area contributed by atoms with Gasteiger partial charge in [0.25, 0.3) is 11.6 Å². The number of carbonyl (C=O) groups excluding carboxylic acids is 1. The first-order valence-corrected chi connectivity index (χ1v) is 7.17. The van der Waals surface area contributed by atoms with Gasteiger partial charge in [0.2, 0.25) is 0 Å². The van der Waals surface area contributed by atoms with Crippen LogP contribution < -0.4 is 5.32 Å². The average molecular weight is 418 g/mol. The first kappa shape index (κ1) is 15.6. The number of non-ortho nitro benzene ring substituents is 1. The summed E-state index contributed by atoms with van der Waals surface area (Å²) in [5, 5.41) is 13.3. The molecule has 2 rings (SSSR count). The van der Waals surface area contributed by atoms with E-state index in [1.54, 1.807) is 0 Å². The van der Waals surface area contributed by atoms with Gasteiger partial charge in [-0.2, -0.15) is 0 Å². The van der Waals surface area contributed by atoms with Gasteiger partial charge in [0.15, 0.2) is 0 Å². The van der Waals surface area contributed by atoms with Gasteiger partial charge in [-0.15, -0.1) is 0 Å². The predicted molar refractivity (Wildman–Crippen MR) is 82.8 cm³/mol. The number of nitro groups is 1. The van der Waals surface area contributed by atoms with Crippen molar-refractivity contribution in [2.45, 2.75) is 0 Å². The predicted octanol–water partition coefficient (Wildman–Crippen LogP) is 4.51. The van der Waals surface area contributed by atoms with E-state index >= 15 is 0 Å². The van der Waals surface area contributed by atoms with E-state index in [2.05, 4.69) is 37.2 Å². The Bertz CT molecular complexity index is 737. The quantitative estimate of drug-likeness (QED) is 0.589. The summed E-state index contributed by atoms with van der Waals surface area (Å²) in [6, 6.07) is 7.71. The number of hydrogen-bond acceptors (Lipinski definition) is 3. The van der Waals surface area contributed by atoms with E-state index in [0.29, 0.717) is 8.95 Å². The molecular formula is C13H7Br2FN2O3. The molecule has 8 heteroatoms. The summed E-state index contributed by atoms with van der Waals surface area (Å²) in [6.07, 6.45) is 0. The molecule has 21 heavy (non-hydrogen) atoms. The molecule has 0 bridgehead atoms. The summed E-state index contributed by atoms with van der Waals surface area (Å²) in [7, 11) is 0. The van der Waals surface area contributed by atoms with Gasteiger partial charge < -0.3 is 5.32 Å². The lowest BCUT2D eigenvalue weighted by molar-refractivity contribution is -0.384. The van der Waals surface area contributed by atoms with Crippen LogP contribution in [-0.2, 0) is 0 Å². The molecule has 0 heterocycles. The minimum absolute atomic E-state index is 0.0900. The van der Waals surface area contributed by atoms with Gasteiger partial charge in [0, 0.05) is 26.6 Å². The lowest BCUT2D eigenvalue weighted by Crippen LogP contribution is -2.12. The Kier molecular flexibility index (Phi) is 4.69. The normalized spacial score (nSPS) is 10.2. The van der Waals surface area contributed by atoms with Crippen LogP contribution in [0.5, 0.6) is 0 Å². The third-order valence-corrected chi connectivity index (χ3v) is 3.68. The maximum absolute atomic E-state index is 13.2.